The van der Waals surface area contributed by atoms with Crippen molar-refractivity contribution in [3.63, 3.8) is 0 Å². The van der Waals surface area contributed by atoms with Crippen molar-refractivity contribution >= 4 is 11.6 Å². The molecule has 0 spiro atoms. The van der Waals surface area contributed by atoms with E-state index in [-0.39, 0.29) is 17.1 Å². The summed E-state index contributed by atoms with van der Waals surface area (Å²) in [4.78, 5) is 25.1. The summed E-state index contributed by atoms with van der Waals surface area (Å²) in [5, 5.41) is 11.3. The van der Waals surface area contributed by atoms with Crippen LogP contribution in [0.2, 0.25) is 0 Å². The van der Waals surface area contributed by atoms with Gasteiger partial charge in [0.25, 0.3) is 0 Å². The average molecular weight is 444 g/mol. The van der Waals surface area contributed by atoms with Gasteiger partial charge in [-0.25, -0.2) is 0 Å². The Kier molecular flexibility index (Phi) is 6.98. The van der Waals surface area contributed by atoms with Crippen LogP contribution in [-0.4, -0.2) is 31.6 Å². The molecule has 4 rings (SSSR count). The maximum Gasteiger partial charge on any atom is 0.300 e. The van der Waals surface area contributed by atoms with E-state index in [0.29, 0.717) is 31.6 Å². The summed E-state index contributed by atoms with van der Waals surface area (Å²) in [7, 11) is 0. The van der Waals surface area contributed by atoms with Crippen molar-refractivity contribution in [1.82, 2.24) is 24.5 Å². The molecule has 170 valence electrons. The van der Waals surface area contributed by atoms with Crippen molar-refractivity contribution in [2.75, 3.05) is 6.54 Å². The number of aryl methyl sites for hydroxylation is 4. The largest absolute Gasteiger partial charge is 0.356 e. The highest BCUT2D eigenvalue weighted by molar-refractivity contribution is 5.75. The standard InChI is InChI=1S/C26H29N5O2/c1-19-13-14-22(18-20(19)2)30-16-17-31-23(28-29-25(31)26(30)33)11-6-12-24(32)27-15-7-10-21-8-4-3-5-9-21/h3-5,8-9,13-14,16-18H,6-7,10-12,15H2,1-2H3,(H,27,32). The van der Waals surface area contributed by atoms with E-state index in [1.54, 1.807) is 15.2 Å². The maximum atomic E-state index is 12.9. The Hall–Kier alpha value is -3.74. The number of nitrogens with zero attached hydrogens (tertiary/aromatic N) is 4. The molecule has 0 aliphatic carbocycles. The van der Waals surface area contributed by atoms with E-state index in [0.717, 1.165) is 24.1 Å². The summed E-state index contributed by atoms with van der Waals surface area (Å²) in [6.07, 6.45) is 7.05. The first-order valence-corrected chi connectivity index (χ1v) is 11.4. The molecule has 33 heavy (non-hydrogen) atoms. The molecule has 0 saturated carbocycles. The molecule has 7 heteroatoms. The number of carbonyl (C=O) groups excluding carboxylic acids is 1. The first kappa shape index (κ1) is 22.5. The van der Waals surface area contributed by atoms with Crippen LogP contribution >= 0.6 is 0 Å². The van der Waals surface area contributed by atoms with E-state index in [1.807, 2.05) is 56.4 Å². The number of hydrogen-bond acceptors (Lipinski definition) is 4. The highest BCUT2D eigenvalue weighted by Gasteiger charge is 2.12. The third-order valence-electron chi connectivity index (χ3n) is 5.92. The zero-order valence-corrected chi connectivity index (χ0v) is 19.1. The Morgan fingerprint density at radius 2 is 1.76 bits per heavy atom. The van der Waals surface area contributed by atoms with Crippen molar-refractivity contribution in [2.24, 2.45) is 0 Å². The Labute approximate surface area is 193 Å². The van der Waals surface area contributed by atoms with Crippen molar-refractivity contribution in [1.29, 1.82) is 0 Å². The second-order valence-corrected chi connectivity index (χ2v) is 8.34. The quantitative estimate of drug-likeness (QED) is 0.401. The fourth-order valence-corrected chi connectivity index (χ4v) is 3.84. The minimum absolute atomic E-state index is 0.0361. The lowest BCUT2D eigenvalue weighted by Crippen LogP contribution is -2.24. The van der Waals surface area contributed by atoms with Crippen LogP contribution in [-0.2, 0) is 17.6 Å². The summed E-state index contributed by atoms with van der Waals surface area (Å²) in [6.45, 7) is 4.73. The number of nitrogens with one attached hydrogen (secondary N) is 1. The van der Waals surface area contributed by atoms with E-state index in [4.69, 9.17) is 0 Å². The van der Waals surface area contributed by atoms with Crippen molar-refractivity contribution in [3.8, 4) is 5.69 Å². The Morgan fingerprint density at radius 1 is 0.939 bits per heavy atom. The lowest BCUT2D eigenvalue weighted by molar-refractivity contribution is -0.121. The summed E-state index contributed by atoms with van der Waals surface area (Å²) >= 11 is 0. The molecular weight excluding hydrogens is 414 g/mol. The predicted molar refractivity (Wildman–Crippen MR) is 129 cm³/mol. The topological polar surface area (TPSA) is 81.3 Å². The first-order chi connectivity index (χ1) is 16.0. The third kappa shape index (κ3) is 5.37. The van der Waals surface area contributed by atoms with Crippen LogP contribution in [0.4, 0.5) is 0 Å². The van der Waals surface area contributed by atoms with Gasteiger partial charge < -0.3 is 5.32 Å². The molecule has 2 aromatic heterocycles. The smallest absolute Gasteiger partial charge is 0.300 e. The molecule has 1 N–H and O–H groups in total. The number of amides is 1. The monoisotopic (exact) mass is 443 g/mol. The second-order valence-electron chi connectivity index (χ2n) is 8.34. The third-order valence-corrected chi connectivity index (χ3v) is 5.92. The average Bonchev–Trinajstić information content (AvgIpc) is 3.23. The molecule has 0 radical (unpaired) electrons. The number of carbonyl (C=O) groups is 1. The Balaban J connectivity index is 1.31. The molecule has 2 heterocycles. The minimum Gasteiger partial charge on any atom is -0.356 e. The van der Waals surface area contributed by atoms with Crippen LogP contribution in [0, 0.1) is 13.8 Å². The van der Waals surface area contributed by atoms with Crippen LogP contribution in [0.3, 0.4) is 0 Å². The van der Waals surface area contributed by atoms with Gasteiger partial charge in [-0.2, -0.15) is 0 Å². The predicted octanol–water partition coefficient (Wildman–Crippen LogP) is 3.57. The summed E-state index contributed by atoms with van der Waals surface area (Å²) in [5.74, 6) is 0.722. The first-order valence-electron chi connectivity index (χ1n) is 11.4. The summed E-state index contributed by atoms with van der Waals surface area (Å²) < 4.78 is 3.31. The molecule has 7 nitrogen and oxygen atoms in total. The van der Waals surface area contributed by atoms with Gasteiger partial charge in [0.15, 0.2) is 0 Å². The highest BCUT2D eigenvalue weighted by atomic mass is 16.1. The molecule has 0 aliphatic heterocycles. The van der Waals surface area contributed by atoms with Gasteiger partial charge in [-0.3, -0.25) is 18.6 Å². The van der Waals surface area contributed by atoms with E-state index in [1.165, 1.54) is 11.1 Å². The zero-order chi connectivity index (χ0) is 23.2. The minimum atomic E-state index is -0.212. The number of hydrogen-bond donors (Lipinski definition) is 1. The molecule has 2 aromatic carbocycles. The van der Waals surface area contributed by atoms with Gasteiger partial charge >= 0.3 is 5.56 Å². The van der Waals surface area contributed by atoms with Crippen LogP contribution in [0.15, 0.2) is 65.7 Å². The van der Waals surface area contributed by atoms with Crippen molar-refractivity contribution < 1.29 is 4.79 Å². The van der Waals surface area contributed by atoms with Gasteiger partial charge in [-0.1, -0.05) is 36.4 Å². The SMILES string of the molecule is Cc1ccc(-n2ccn3c(CCCC(=O)NCCCc4ccccc4)nnc3c2=O)cc1C. The zero-order valence-electron chi connectivity index (χ0n) is 19.1. The van der Waals surface area contributed by atoms with Crippen molar-refractivity contribution in [3.05, 3.63) is 93.8 Å². The number of rotatable bonds is 9. The van der Waals surface area contributed by atoms with Crippen LogP contribution in [0.1, 0.15) is 41.8 Å². The van der Waals surface area contributed by atoms with Gasteiger partial charge in [-0.05, 0) is 61.9 Å². The molecule has 0 saturated heterocycles. The molecule has 0 atom stereocenters. The van der Waals surface area contributed by atoms with E-state index in [2.05, 4.69) is 27.6 Å². The molecular formula is C26H29N5O2. The van der Waals surface area contributed by atoms with Crippen LogP contribution in [0.25, 0.3) is 11.3 Å². The Morgan fingerprint density at radius 3 is 2.55 bits per heavy atom. The highest BCUT2D eigenvalue weighted by Crippen LogP contribution is 2.13. The molecule has 4 aromatic rings. The van der Waals surface area contributed by atoms with E-state index in [9.17, 15) is 9.59 Å². The van der Waals surface area contributed by atoms with Crippen LogP contribution < -0.4 is 10.9 Å². The maximum absolute atomic E-state index is 12.9. The molecule has 0 unspecified atom stereocenters. The normalized spacial score (nSPS) is 11.1. The number of aromatic nitrogens is 4. The van der Waals surface area contributed by atoms with Gasteiger partial charge in [0.2, 0.25) is 11.6 Å². The van der Waals surface area contributed by atoms with Gasteiger partial charge in [0, 0.05) is 37.5 Å². The Bertz CT molecular complexity index is 1310. The molecule has 0 bridgehead atoms. The van der Waals surface area contributed by atoms with Gasteiger partial charge in [0.1, 0.15) is 5.82 Å². The molecule has 1 amide bonds. The van der Waals surface area contributed by atoms with E-state index >= 15 is 0 Å². The molecule has 0 fully saturated rings. The van der Waals surface area contributed by atoms with Crippen molar-refractivity contribution in [2.45, 2.75) is 46.0 Å². The fourth-order valence-electron chi connectivity index (χ4n) is 3.84. The van der Waals surface area contributed by atoms with E-state index < -0.39 is 0 Å². The van der Waals surface area contributed by atoms with Crippen LogP contribution in [0.5, 0.6) is 0 Å². The van der Waals surface area contributed by atoms with Gasteiger partial charge in [0.05, 0.1) is 0 Å². The lowest BCUT2D eigenvalue weighted by Gasteiger charge is -2.09. The summed E-state index contributed by atoms with van der Waals surface area (Å²) in [6, 6.07) is 16.2. The fraction of sp³-hybridized carbons (Fsp3) is 0.308. The summed E-state index contributed by atoms with van der Waals surface area (Å²) in [5.41, 5.74) is 4.46. The lowest BCUT2D eigenvalue weighted by atomic mass is 10.1. The number of benzene rings is 2. The number of fused-ring (bicyclic) bond motifs is 1. The van der Waals surface area contributed by atoms with Gasteiger partial charge in [-0.15, -0.1) is 10.2 Å². The molecule has 0 aliphatic rings. The second kappa shape index (κ2) is 10.3.